The van der Waals surface area contributed by atoms with Gasteiger partial charge in [0.25, 0.3) is 5.91 Å². The highest BCUT2D eigenvalue weighted by molar-refractivity contribution is 7.17. The van der Waals surface area contributed by atoms with Crippen LogP contribution in [0.3, 0.4) is 0 Å². The number of thiazole rings is 1. The summed E-state index contributed by atoms with van der Waals surface area (Å²) >= 11 is 1.37. The molecule has 0 aliphatic carbocycles. The van der Waals surface area contributed by atoms with Gasteiger partial charge in [0, 0.05) is 25.5 Å². The maximum absolute atomic E-state index is 12.5. The van der Waals surface area contributed by atoms with Crippen molar-refractivity contribution in [3.63, 3.8) is 0 Å². The van der Waals surface area contributed by atoms with Crippen LogP contribution in [0, 0.1) is 0 Å². The lowest BCUT2D eigenvalue weighted by Gasteiger charge is -2.26. The summed E-state index contributed by atoms with van der Waals surface area (Å²) in [5.74, 6) is 0.535. The lowest BCUT2D eigenvalue weighted by atomic mass is 10.1. The van der Waals surface area contributed by atoms with Gasteiger partial charge in [0.1, 0.15) is 4.88 Å². The van der Waals surface area contributed by atoms with E-state index >= 15 is 0 Å². The van der Waals surface area contributed by atoms with E-state index < -0.39 is 0 Å². The predicted octanol–water partition coefficient (Wildman–Crippen LogP) is 2.38. The molecule has 128 valence electrons. The van der Waals surface area contributed by atoms with Gasteiger partial charge < -0.3 is 10.2 Å². The molecule has 1 aliphatic heterocycles. The Hall–Kier alpha value is -1.86. The molecule has 0 bridgehead atoms. The van der Waals surface area contributed by atoms with E-state index in [0.29, 0.717) is 22.3 Å². The second-order valence-electron chi connectivity index (χ2n) is 5.88. The first kappa shape index (κ1) is 17.0. The molecule has 0 spiro atoms. The van der Waals surface area contributed by atoms with Crippen LogP contribution in [0.25, 0.3) is 10.8 Å². The molecule has 0 aromatic carbocycles. The molecule has 2 aromatic heterocycles. The average Bonchev–Trinajstić information content (AvgIpc) is 3.08. The van der Waals surface area contributed by atoms with Crippen molar-refractivity contribution in [2.75, 3.05) is 26.2 Å². The molecule has 0 atom stereocenters. The molecule has 3 heterocycles. The number of hydrogen-bond acceptors (Lipinski definition) is 6. The fourth-order valence-electron chi connectivity index (χ4n) is 2.86. The first-order valence-electron chi connectivity index (χ1n) is 8.55. The number of carbonyl (C=O) groups is 1. The molecule has 0 radical (unpaired) electrons. The van der Waals surface area contributed by atoms with Crippen molar-refractivity contribution in [3.05, 3.63) is 29.0 Å². The summed E-state index contributed by atoms with van der Waals surface area (Å²) in [6.45, 7) is 5.89. The van der Waals surface area contributed by atoms with Crippen LogP contribution in [0.2, 0.25) is 0 Å². The number of nitrogens with zero attached hydrogens (tertiary/aromatic N) is 4. The number of carbonyl (C=O) groups excluding carboxylic acids is 1. The van der Waals surface area contributed by atoms with Crippen LogP contribution in [0.4, 0.5) is 0 Å². The van der Waals surface area contributed by atoms with E-state index in [-0.39, 0.29) is 5.91 Å². The van der Waals surface area contributed by atoms with Gasteiger partial charge in [0.05, 0.1) is 5.69 Å². The van der Waals surface area contributed by atoms with Gasteiger partial charge in [-0.1, -0.05) is 13.3 Å². The summed E-state index contributed by atoms with van der Waals surface area (Å²) in [6.07, 6.45) is 7.96. The van der Waals surface area contributed by atoms with Crippen molar-refractivity contribution in [1.82, 2.24) is 25.2 Å². The van der Waals surface area contributed by atoms with Crippen LogP contribution in [-0.4, -0.2) is 51.9 Å². The van der Waals surface area contributed by atoms with E-state index in [4.69, 9.17) is 0 Å². The minimum Gasteiger partial charge on any atom is -0.350 e. The molecule has 24 heavy (non-hydrogen) atoms. The fraction of sp³-hybridized carbons (Fsp3) is 0.529. The molecule has 2 aromatic rings. The standard InChI is InChI=1S/C17H23N5OS/c1-2-13-14(24-17(21-13)15-18-7-6-8-19-15)16(23)20-9-12-22-10-4-3-5-11-22/h6-8H,2-5,9-12H2,1H3,(H,20,23). The number of likely N-dealkylation sites (tertiary alicyclic amines) is 1. The zero-order valence-electron chi connectivity index (χ0n) is 14.0. The molecule has 0 saturated carbocycles. The molecule has 1 saturated heterocycles. The number of aryl methyl sites for hydroxylation is 1. The van der Waals surface area contributed by atoms with Crippen molar-refractivity contribution >= 4 is 17.2 Å². The number of amides is 1. The average molecular weight is 345 g/mol. The highest BCUT2D eigenvalue weighted by Gasteiger charge is 2.19. The number of piperidine rings is 1. The Balaban J connectivity index is 1.62. The van der Waals surface area contributed by atoms with E-state index in [1.807, 2.05) is 6.92 Å². The summed E-state index contributed by atoms with van der Waals surface area (Å²) in [6, 6.07) is 1.77. The normalized spacial score (nSPS) is 15.4. The molecule has 0 unspecified atom stereocenters. The Kier molecular flexibility index (Phi) is 5.87. The third-order valence-corrected chi connectivity index (χ3v) is 5.25. The Labute approximate surface area is 146 Å². The Morgan fingerprint density at radius 1 is 1.25 bits per heavy atom. The minimum absolute atomic E-state index is 0.0384. The summed E-state index contributed by atoms with van der Waals surface area (Å²) in [5.41, 5.74) is 0.818. The molecule has 6 nitrogen and oxygen atoms in total. The van der Waals surface area contributed by atoms with Gasteiger partial charge in [-0.15, -0.1) is 11.3 Å². The van der Waals surface area contributed by atoms with Crippen LogP contribution in [-0.2, 0) is 6.42 Å². The second-order valence-corrected chi connectivity index (χ2v) is 6.88. The molecule has 1 amide bonds. The van der Waals surface area contributed by atoms with E-state index in [1.54, 1.807) is 18.5 Å². The quantitative estimate of drug-likeness (QED) is 0.870. The number of aromatic nitrogens is 3. The Morgan fingerprint density at radius 3 is 2.71 bits per heavy atom. The van der Waals surface area contributed by atoms with E-state index in [9.17, 15) is 4.79 Å². The van der Waals surface area contributed by atoms with Crippen molar-refractivity contribution in [2.45, 2.75) is 32.6 Å². The highest BCUT2D eigenvalue weighted by Crippen LogP contribution is 2.25. The molecular formula is C17H23N5OS. The van der Waals surface area contributed by atoms with Crippen molar-refractivity contribution in [1.29, 1.82) is 0 Å². The van der Waals surface area contributed by atoms with Crippen molar-refractivity contribution < 1.29 is 4.79 Å². The predicted molar refractivity (Wildman–Crippen MR) is 95.1 cm³/mol. The van der Waals surface area contributed by atoms with Gasteiger partial charge in [0.15, 0.2) is 10.8 Å². The summed E-state index contributed by atoms with van der Waals surface area (Å²) in [7, 11) is 0. The van der Waals surface area contributed by atoms with Gasteiger partial charge >= 0.3 is 0 Å². The lowest BCUT2D eigenvalue weighted by Crippen LogP contribution is -2.37. The molecule has 1 fully saturated rings. The van der Waals surface area contributed by atoms with Gasteiger partial charge in [-0.2, -0.15) is 0 Å². The SMILES string of the molecule is CCc1nc(-c2ncccn2)sc1C(=O)NCCN1CCCCC1. The van der Waals surface area contributed by atoms with Gasteiger partial charge in [0.2, 0.25) is 0 Å². The number of hydrogen-bond donors (Lipinski definition) is 1. The summed E-state index contributed by atoms with van der Waals surface area (Å²) in [5, 5.41) is 3.74. The maximum Gasteiger partial charge on any atom is 0.263 e. The van der Waals surface area contributed by atoms with E-state index in [2.05, 4.69) is 25.2 Å². The summed E-state index contributed by atoms with van der Waals surface area (Å²) in [4.78, 5) is 28.6. The van der Waals surface area contributed by atoms with Gasteiger partial charge in [-0.25, -0.2) is 15.0 Å². The van der Waals surface area contributed by atoms with E-state index in [1.165, 1.54) is 30.6 Å². The maximum atomic E-state index is 12.5. The number of rotatable bonds is 6. The monoisotopic (exact) mass is 345 g/mol. The first-order valence-corrected chi connectivity index (χ1v) is 9.37. The molecule has 1 aliphatic rings. The Morgan fingerprint density at radius 2 is 2.00 bits per heavy atom. The smallest absolute Gasteiger partial charge is 0.263 e. The largest absolute Gasteiger partial charge is 0.350 e. The summed E-state index contributed by atoms with van der Waals surface area (Å²) < 4.78 is 0. The Bertz CT molecular complexity index is 667. The van der Waals surface area contributed by atoms with Crippen LogP contribution < -0.4 is 5.32 Å². The van der Waals surface area contributed by atoms with Crippen LogP contribution in [0.15, 0.2) is 18.5 Å². The third kappa shape index (κ3) is 4.15. The van der Waals surface area contributed by atoms with Gasteiger partial charge in [-0.3, -0.25) is 4.79 Å². The van der Waals surface area contributed by atoms with E-state index in [0.717, 1.165) is 31.7 Å². The van der Waals surface area contributed by atoms with Crippen LogP contribution in [0.1, 0.15) is 41.6 Å². The molecular weight excluding hydrogens is 322 g/mol. The van der Waals surface area contributed by atoms with Crippen molar-refractivity contribution in [3.8, 4) is 10.8 Å². The zero-order valence-corrected chi connectivity index (χ0v) is 14.8. The van der Waals surface area contributed by atoms with Gasteiger partial charge in [-0.05, 0) is 38.4 Å². The molecule has 7 heteroatoms. The third-order valence-electron chi connectivity index (χ3n) is 4.16. The zero-order chi connectivity index (χ0) is 16.8. The number of nitrogens with one attached hydrogen (secondary N) is 1. The minimum atomic E-state index is -0.0384. The van der Waals surface area contributed by atoms with Crippen molar-refractivity contribution in [2.24, 2.45) is 0 Å². The van der Waals surface area contributed by atoms with Crippen LogP contribution in [0.5, 0.6) is 0 Å². The first-order chi connectivity index (χ1) is 11.8. The second kappa shape index (κ2) is 8.30. The fourth-order valence-corrected chi connectivity index (χ4v) is 3.88. The molecule has 1 N–H and O–H groups in total. The highest BCUT2D eigenvalue weighted by atomic mass is 32.1. The van der Waals surface area contributed by atoms with Crippen LogP contribution >= 0.6 is 11.3 Å². The topological polar surface area (TPSA) is 71.0 Å². The molecule has 3 rings (SSSR count). The lowest BCUT2D eigenvalue weighted by molar-refractivity contribution is 0.0949.